The molecule has 3 aromatic carbocycles. The fourth-order valence-electron chi connectivity index (χ4n) is 3.62. The summed E-state index contributed by atoms with van der Waals surface area (Å²) in [6.45, 7) is 2.18. The number of carbonyl (C=O) groups excluding carboxylic acids is 1. The Morgan fingerprint density at radius 1 is 1.11 bits per heavy atom. The summed E-state index contributed by atoms with van der Waals surface area (Å²) in [5.41, 5.74) is 6.59. The lowest BCUT2D eigenvalue weighted by molar-refractivity contribution is 0.158. The second-order valence-corrected chi connectivity index (χ2v) is 7.87. The van der Waals surface area contributed by atoms with Gasteiger partial charge in [-0.2, -0.15) is 5.26 Å². The number of amides is 1. The van der Waals surface area contributed by atoms with Crippen LogP contribution in [0.3, 0.4) is 0 Å². The molecule has 0 heterocycles. The summed E-state index contributed by atoms with van der Waals surface area (Å²) < 4.78 is 6.53. The standard InChI is InChI=1S/C23H17IN2O2/c1-14-10-22(15(12-25)11-21(14)24)26-23(27)28-13-20-18-8-4-2-6-16(18)17-7-3-5-9-19(17)20/h2-11,20H,13H2,1H3,(H,26,27). The highest BCUT2D eigenvalue weighted by Gasteiger charge is 2.29. The second-order valence-electron chi connectivity index (χ2n) is 6.71. The molecule has 3 aromatic rings. The molecule has 4 rings (SSSR count). The van der Waals surface area contributed by atoms with Crippen LogP contribution < -0.4 is 5.32 Å². The van der Waals surface area contributed by atoms with Gasteiger partial charge in [-0.25, -0.2) is 4.79 Å². The molecule has 4 nitrogen and oxygen atoms in total. The summed E-state index contributed by atoms with van der Waals surface area (Å²) in [4.78, 5) is 12.4. The van der Waals surface area contributed by atoms with Crippen LogP contribution in [0.1, 0.15) is 28.2 Å². The van der Waals surface area contributed by atoms with Crippen LogP contribution in [0.5, 0.6) is 0 Å². The Balaban J connectivity index is 1.52. The number of halogens is 1. The van der Waals surface area contributed by atoms with Gasteiger partial charge in [0.2, 0.25) is 0 Å². The molecule has 0 saturated heterocycles. The van der Waals surface area contributed by atoms with Crippen molar-refractivity contribution in [3.63, 3.8) is 0 Å². The number of anilines is 1. The Labute approximate surface area is 177 Å². The van der Waals surface area contributed by atoms with Gasteiger partial charge >= 0.3 is 6.09 Å². The van der Waals surface area contributed by atoms with E-state index in [0.29, 0.717) is 11.3 Å². The lowest BCUT2D eigenvalue weighted by Crippen LogP contribution is -2.18. The van der Waals surface area contributed by atoms with Gasteiger partial charge in [0.1, 0.15) is 12.7 Å². The summed E-state index contributed by atoms with van der Waals surface area (Å²) in [5.74, 6) is 0.00652. The number of nitrogens with one attached hydrogen (secondary N) is 1. The molecular weight excluding hydrogens is 463 g/mol. The first-order chi connectivity index (χ1) is 13.6. The zero-order valence-corrected chi connectivity index (χ0v) is 17.4. The molecular formula is C23H17IN2O2. The van der Waals surface area contributed by atoms with Crippen LogP contribution >= 0.6 is 22.6 Å². The van der Waals surface area contributed by atoms with E-state index in [1.165, 1.54) is 22.3 Å². The fourth-order valence-corrected chi connectivity index (χ4v) is 4.09. The number of benzene rings is 3. The Kier molecular flexibility index (Phi) is 5.05. The quantitative estimate of drug-likeness (QED) is 0.480. The zero-order valence-electron chi connectivity index (χ0n) is 15.2. The molecule has 1 amide bonds. The van der Waals surface area contributed by atoms with Crippen LogP contribution in [-0.2, 0) is 4.74 Å². The van der Waals surface area contributed by atoms with Gasteiger partial charge in [0.15, 0.2) is 0 Å². The van der Waals surface area contributed by atoms with Crippen LogP contribution in [0.4, 0.5) is 10.5 Å². The number of ether oxygens (including phenoxy) is 1. The van der Waals surface area contributed by atoms with E-state index in [4.69, 9.17) is 4.74 Å². The van der Waals surface area contributed by atoms with Gasteiger partial charge in [-0.3, -0.25) is 5.32 Å². The van der Waals surface area contributed by atoms with Crippen molar-refractivity contribution in [2.45, 2.75) is 12.8 Å². The highest BCUT2D eigenvalue weighted by molar-refractivity contribution is 14.1. The van der Waals surface area contributed by atoms with Gasteiger partial charge in [-0.1, -0.05) is 48.5 Å². The van der Waals surface area contributed by atoms with Gasteiger partial charge in [-0.05, 0) is 69.5 Å². The van der Waals surface area contributed by atoms with Crippen molar-refractivity contribution in [2.24, 2.45) is 0 Å². The van der Waals surface area contributed by atoms with E-state index in [9.17, 15) is 10.1 Å². The zero-order chi connectivity index (χ0) is 19.7. The van der Waals surface area contributed by atoms with E-state index >= 15 is 0 Å². The van der Waals surface area contributed by atoms with Crippen molar-refractivity contribution in [3.8, 4) is 17.2 Å². The predicted molar refractivity (Wildman–Crippen MR) is 117 cm³/mol. The Hall–Kier alpha value is -2.85. The number of rotatable bonds is 3. The number of hydrogen-bond acceptors (Lipinski definition) is 3. The van der Waals surface area contributed by atoms with Gasteiger partial charge in [0.05, 0.1) is 11.3 Å². The van der Waals surface area contributed by atoms with Crippen LogP contribution in [0.25, 0.3) is 11.1 Å². The number of nitrogens with zero attached hydrogens (tertiary/aromatic N) is 1. The number of aryl methyl sites for hydroxylation is 1. The van der Waals surface area contributed by atoms with Gasteiger partial charge in [0.25, 0.3) is 0 Å². The molecule has 1 N–H and O–H groups in total. The highest BCUT2D eigenvalue weighted by Crippen LogP contribution is 2.44. The summed E-state index contributed by atoms with van der Waals surface area (Å²) in [7, 11) is 0. The van der Waals surface area contributed by atoms with Crippen molar-refractivity contribution < 1.29 is 9.53 Å². The Morgan fingerprint density at radius 3 is 2.32 bits per heavy atom. The molecule has 28 heavy (non-hydrogen) atoms. The number of hydrogen-bond donors (Lipinski definition) is 1. The molecule has 0 unspecified atom stereocenters. The third kappa shape index (κ3) is 3.36. The van der Waals surface area contributed by atoms with Gasteiger partial charge in [0, 0.05) is 9.49 Å². The van der Waals surface area contributed by atoms with Gasteiger partial charge < -0.3 is 4.74 Å². The predicted octanol–water partition coefficient (Wildman–Crippen LogP) is 5.83. The smallest absolute Gasteiger partial charge is 0.411 e. The molecule has 0 radical (unpaired) electrons. The first-order valence-electron chi connectivity index (χ1n) is 8.90. The second kappa shape index (κ2) is 7.64. The highest BCUT2D eigenvalue weighted by atomic mass is 127. The third-order valence-corrected chi connectivity index (χ3v) is 6.16. The van der Waals surface area contributed by atoms with E-state index in [-0.39, 0.29) is 12.5 Å². The summed E-state index contributed by atoms with van der Waals surface area (Å²) in [6.07, 6.45) is -0.557. The van der Waals surface area contributed by atoms with E-state index in [1.54, 1.807) is 12.1 Å². The Bertz CT molecular complexity index is 1070. The molecule has 5 heteroatoms. The summed E-state index contributed by atoms with van der Waals surface area (Å²) in [6, 6.07) is 22.1. The molecule has 0 spiro atoms. The third-order valence-electron chi connectivity index (χ3n) is 5.00. The maximum atomic E-state index is 12.4. The SMILES string of the molecule is Cc1cc(NC(=O)OCC2c3ccccc3-c3ccccc32)c(C#N)cc1I. The van der Waals surface area contributed by atoms with Crippen LogP contribution in [0, 0.1) is 21.8 Å². The maximum Gasteiger partial charge on any atom is 0.411 e. The monoisotopic (exact) mass is 480 g/mol. The minimum Gasteiger partial charge on any atom is -0.448 e. The minimum atomic E-state index is -0.557. The first-order valence-corrected chi connectivity index (χ1v) is 9.98. The molecule has 0 aliphatic heterocycles. The molecule has 1 aliphatic rings. The van der Waals surface area contributed by atoms with E-state index in [1.807, 2.05) is 31.2 Å². The topological polar surface area (TPSA) is 62.1 Å². The molecule has 0 atom stereocenters. The summed E-state index contributed by atoms with van der Waals surface area (Å²) >= 11 is 2.17. The van der Waals surface area contributed by atoms with E-state index in [2.05, 4.69) is 58.2 Å². The number of nitriles is 1. The minimum absolute atomic E-state index is 0.00652. The van der Waals surface area contributed by atoms with Crippen LogP contribution in [0.15, 0.2) is 60.7 Å². The Morgan fingerprint density at radius 2 is 1.71 bits per heavy atom. The number of fused-ring (bicyclic) bond motifs is 3. The van der Waals surface area contributed by atoms with Crippen molar-refractivity contribution in [2.75, 3.05) is 11.9 Å². The largest absolute Gasteiger partial charge is 0.448 e. The summed E-state index contributed by atoms with van der Waals surface area (Å²) in [5, 5.41) is 12.0. The maximum absolute atomic E-state index is 12.4. The average molecular weight is 480 g/mol. The normalized spacial score (nSPS) is 12.0. The molecule has 0 saturated carbocycles. The molecule has 1 aliphatic carbocycles. The lowest BCUT2D eigenvalue weighted by atomic mass is 9.98. The molecule has 0 aromatic heterocycles. The molecule has 0 fully saturated rings. The average Bonchev–Trinajstić information content (AvgIpc) is 3.03. The van der Waals surface area contributed by atoms with E-state index in [0.717, 1.165) is 9.13 Å². The van der Waals surface area contributed by atoms with E-state index < -0.39 is 6.09 Å². The fraction of sp³-hybridized carbons (Fsp3) is 0.130. The van der Waals surface area contributed by atoms with Crippen LogP contribution in [0.2, 0.25) is 0 Å². The molecule has 138 valence electrons. The van der Waals surface area contributed by atoms with Crippen molar-refractivity contribution >= 4 is 34.4 Å². The molecule has 0 bridgehead atoms. The first kappa shape index (κ1) is 18.5. The lowest BCUT2D eigenvalue weighted by Gasteiger charge is -2.15. The van der Waals surface area contributed by atoms with Crippen LogP contribution in [-0.4, -0.2) is 12.7 Å². The van der Waals surface area contributed by atoms with Crippen molar-refractivity contribution in [3.05, 3.63) is 86.5 Å². The van der Waals surface area contributed by atoms with Gasteiger partial charge in [-0.15, -0.1) is 0 Å². The number of carbonyl (C=O) groups is 1. The van der Waals surface area contributed by atoms with Crippen molar-refractivity contribution in [1.29, 1.82) is 5.26 Å². The van der Waals surface area contributed by atoms with Crippen molar-refractivity contribution in [1.82, 2.24) is 0 Å².